The molecule has 0 aliphatic carbocycles. The van der Waals surface area contributed by atoms with E-state index in [0.717, 1.165) is 24.9 Å². The number of nitrogens with one attached hydrogen (secondary N) is 1. The van der Waals surface area contributed by atoms with Crippen molar-refractivity contribution in [2.45, 2.75) is 33.2 Å². The van der Waals surface area contributed by atoms with E-state index in [1.165, 1.54) is 38.0 Å². The molecular formula is C17H28N2. The van der Waals surface area contributed by atoms with Crippen LogP contribution in [0.2, 0.25) is 0 Å². The fourth-order valence-corrected chi connectivity index (χ4v) is 2.88. The normalized spacial score (nSPS) is 20.9. The summed E-state index contributed by atoms with van der Waals surface area (Å²) in [4.78, 5) is 2.61. The van der Waals surface area contributed by atoms with Crippen LogP contribution in [0.25, 0.3) is 0 Å². The second-order valence-electron chi connectivity index (χ2n) is 6.28. The molecule has 0 aromatic heterocycles. The van der Waals surface area contributed by atoms with Crippen molar-refractivity contribution in [1.29, 1.82) is 0 Å². The van der Waals surface area contributed by atoms with Gasteiger partial charge in [0.1, 0.15) is 0 Å². The van der Waals surface area contributed by atoms with Crippen molar-refractivity contribution in [3.63, 3.8) is 0 Å². The molecule has 0 spiro atoms. The maximum absolute atomic E-state index is 3.61. The lowest BCUT2D eigenvalue weighted by atomic mass is 9.97. The highest BCUT2D eigenvalue weighted by atomic mass is 15.1. The van der Waals surface area contributed by atoms with Crippen molar-refractivity contribution in [1.82, 2.24) is 10.2 Å². The van der Waals surface area contributed by atoms with Gasteiger partial charge in [-0.15, -0.1) is 0 Å². The number of likely N-dealkylation sites (tertiary alicyclic amines) is 1. The van der Waals surface area contributed by atoms with Crippen LogP contribution < -0.4 is 5.32 Å². The fourth-order valence-electron chi connectivity index (χ4n) is 2.88. The smallest absolute Gasteiger partial charge is 0.0233 e. The molecule has 0 bridgehead atoms. The molecule has 1 N–H and O–H groups in total. The molecule has 1 aromatic carbocycles. The minimum atomic E-state index is 0.754. The molecule has 0 radical (unpaired) electrons. The van der Waals surface area contributed by atoms with Crippen LogP contribution in [0.3, 0.4) is 0 Å². The van der Waals surface area contributed by atoms with Gasteiger partial charge in [-0.25, -0.2) is 0 Å². The third kappa shape index (κ3) is 5.33. The number of piperidine rings is 1. The van der Waals surface area contributed by atoms with E-state index in [1.807, 2.05) is 0 Å². The number of benzene rings is 1. The lowest BCUT2D eigenvalue weighted by Gasteiger charge is -2.33. The van der Waals surface area contributed by atoms with Crippen LogP contribution in [0, 0.1) is 11.8 Å². The molecule has 2 nitrogen and oxygen atoms in total. The lowest BCUT2D eigenvalue weighted by molar-refractivity contribution is 0.165. The monoisotopic (exact) mass is 260 g/mol. The Kier molecular flexibility index (Phi) is 5.87. The van der Waals surface area contributed by atoms with Crippen molar-refractivity contribution < 1.29 is 0 Å². The summed E-state index contributed by atoms with van der Waals surface area (Å²) in [5, 5.41) is 3.61. The summed E-state index contributed by atoms with van der Waals surface area (Å²) < 4.78 is 0. The lowest BCUT2D eigenvalue weighted by Crippen LogP contribution is -2.39. The van der Waals surface area contributed by atoms with E-state index in [4.69, 9.17) is 0 Å². The van der Waals surface area contributed by atoms with Crippen molar-refractivity contribution in [3.05, 3.63) is 35.9 Å². The Labute approximate surface area is 118 Å². The molecule has 1 saturated heterocycles. The summed E-state index contributed by atoms with van der Waals surface area (Å²) in [6.45, 7) is 10.5. The van der Waals surface area contributed by atoms with Crippen LogP contribution in [-0.4, -0.2) is 31.1 Å². The highest BCUT2D eigenvalue weighted by Crippen LogP contribution is 2.18. The average Bonchev–Trinajstić information content (AvgIpc) is 2.40. The number of rotatable bonds is 6. The maximum atomic E-state index is 3.61. The van der Waals surface area contributed by atoms with Crippen LogP contribution in [0.5, 0.6) is 0 Å². The quantitative estimate of drug-likeness (QED) is 0.845. The Bertz CT molecular complexity index is 348. The standard InChI is InChI=1S/C17H28N2/c1-15(2)11-18-12-17-9-6-10-19(14-17)13-16-7-4-3-5-8-16/h3-5,7-8,15,17-18H,6,9-14H2,1-2H3. The summed E-state index contributed by atoms with van der Waals surface area (Å²) in [5.41, 5.74) is 1.44. The van der Waals surface area contributed by atoms with Gasteiger partial charge in [0.2, 0.25) is 0 Å². The van der Waals surface area contributed by atoms with Crippen molar-refractivity contribution >= 4 is 0 Å². The molecule has 1 fully saturated rings. The van der Waals surface area contributed by atoms with E-state index >= 15 is 0 Å². The van der Waals surface area contributed by atoms with Crippen molar-refractivity contribution in [2.24, 2.45) is 11.8 Å². The van der Waals surface area contributed by atoms with E-state index in [1.54, 1.807) is 0 Å². The predicted molar refractivity (Wildman–Crippen MR) is 82.2 cm³/mol. The van der Waals surface area contributed by atoms with Crippen LogP contribution in [0.15, 0.2) is 30.3 Å². The average molecular weight is 260 g/mol. The predicted octanol–water partition coefficient (Wildman–Crippen LogP) is 3.14. The van der Waals surface area contributed by atoms with E-state index in [-0.39, 0.29) is 0 Å². The van der Waals surface area contributed by atoms with Gasteiger partial charge in [0.15, 0.2) is 0 Å². The highest BCUT2D eigenvalue weighted by molar-refractivity contribution is 5.14. The van der Waals surface area contributed by atoms with Gasteiger partial charge < -0.3 is 5.32 Å². The Morgan fingerprint density at radius 3 is 2.79 bits per heavy atom. The van der Waals surface area contributed by atoms with Gasteiger partial charge in [-0.05, 0) is 49.9 Å². The highest BCUT2D eigenvalue weighted by Gasteiger charge is 2.19. The van der Waals surface area contributed by atoms with Crippen molar-refractivity contribution in [2.75, 3.05) is 26.2 Å². The molecular weight excluding hydrogens is 232 g/mol. The molecule has 19 heavy (non-hydrogen) atoms. The minimum Gasteiger partial charge on any atom is -0.316 e. The maximum Gasteiger partial charge on any atom is 0.0233 e. The molecule has 2 rings (SSSR count). The molecule has 1 aliphatic heterocycles. The van der Waals surface area contributed by atoms with Crippen LogP contribution >= 0.6 is 0 Å². The summed E-state index contributed by atoms with van der Waals surface area (Å²) in [6, 6.07) is 10.8. The largest absolute Gasteiger partial charge is 0.316 e. The zero-order valence-corrected chi connectivity index (χ0v) is 12.4. The van der Waals surface area contributed by atoms with E-state index in [9.17, 15) is 0 Å². The zero-order chi connectivity index (χ0) is 13.5. The minimum absolute atomic E-state index is 0.754. The van der Waals surface area contributed by atoms with Gasteiger partial charge >= 0.3 is 0 Å². The van der Waals surface area contributed by atoms with Crippen LogP contribution in [0.4, 0.5) is 0 Å². The summed E-state index contributed by atoms with van der Waals surface area (Å²) >= 11 is 0. The zero-order valence-electron chi connectivity index (χ0n) is 12.4. The first-order chi connectivity index (χ1) is 9.24. The molecule has 0 saturated carbocycles. The topological polar surface area (TPSA) is 15.3 Å². The van der Waals surface area contributed by atoms with Crippen molar-refractivity contribution in [3.8, 4) is 0 Å². The Balaban J connectivity index is 1.74. The number of hydrogen-bond donors (Lipinski definition) is 1. The van der Waals surface area contributed by atoms with Gasteiger partial charge in [-0.2, -0.15) is 0 Å². The summed E-state index contributed by atoms with van der Waals surface area (Å²) in [6.07, 6.45) is 2.73. The molecule has 2 heteroatoms. The fraction of sp³-hybridized carbons (Fsp3) is 0.647. The van der Waals surface area contributed by atoms with Gasteiger partial charge in [-0.3, -0.25) is 4.90 Å². The Hall–Kier alpha value is -0.860. The van der Waals surface area contributed by atoms with E-state index in [2.05, 4.69) is 54.4 Å². The molecule has 1 unspecified atom stereocenters. The third-order valence-electron chi connectivity index (χ3n) is 3.84. The Morgan fingerprint density at radius 1 is 1.26 bits per heavy atom. The molecule has 1 aliphatic rings. The van der Waals surface area contributed by atoms with Gasteiger partial charge in [0.05, 0.1) is 0 Å². The second kappa shape index (κ2) is 7.66. The summed E-state index contributed by atoms with van der Waals surface area (Å²) in [5.74, 6) is 1.58. The van der Waals surface area contributed by atoms with E-state index in [0.29, 0.717) is 0 Å². The van der Waals surface area contributed by atoms with Crippen LogP contribution in [-0.2, 0) is 6.54 Å². The Morgan fingerprint density at radius 2 is 2.05 bits per heavy atom. The van der Waals surface area contributed by atoms with E-state index < -0.39 is 0 Å². The van der Waals surface area contributed by atoms with Gasteiger partial charge in [0.25, 0.3) is 0 Å². The molecule has 1 heterocycles. The SMILES string of the molecule is CC(C)CNCC1CCCN(Cc2ccccc2)C1. The molecule has 106 valence electrons. The summed E-state index contributed by atoms with van der Waals surface area (Å²) in [7, 11) is 0. The molecule has 1 atom stereocenters. The van der Waals surface area contributed by atoms with Gasteiger partial charge in [0, 0.05) is 13.1 Å². The third-order valence-corrected chi connectivity index (χ3v) is 3.84. The first-order valence-corrected chi connectivity index (χ1v) is 7.71. The second-order valence-corrected chi connectivity index (χ2v) is 6.28. The number of hydrogen-bond acceptors (Lipinski definition) is 2. The first kappa shape index (κ1) is 14.5. The van der Waals surface area contributed by atoms with Crippen LogP contribution in [0.1, 0.15) is 32.3 Å². The number of nitrogens with zero attached hydrogens (tertiary/aromatic N) is 1. The van der Waals surface area contributed by atoms with Gasteiger partial charge in [-0.1, -0.05) is 44.2 Å². The first-order valence-electron chi connectivity index (χ1n) is 7.71. The molecule has 0 amide bonds. The molecule has 1 aromatic rings.